The molecule has 0 aliphatic heterocycles. The fourth-order valence-electron chi connectivity index (χ4n) is 2.94. The van der Waals surface area contributed by atoms with Gasteiger partial charge in [0.15, 0.2) is 0 Å². The second-order valence-electron chi connectivity index (χ2n) is 5.90. The molecule has 124 valence electrons. The van der Waals surface area contributed by atoms with Gasteiger partial charge in [-0.25, -0.2) is 0 Å². The summed E-state index contributed by atoms with van der Waals surface area (Å²) in [6.07, 6.45) is 2.21. The molecule has 0 spiro atoms. The van der Waals surface area contributed by atoms with Crippen LogP contribution < -0.4 is 4.74 Å². The van der Waals surface area contributed by atoms with Crippen LogP contribution in [0.3, 0.4) is 0 Å². The highest BCUT2D eigenvalue weighted by Gasteiger charge is 2.17. The second-order valence-corrected chi connectivity index (χ2v) is 5.90. The molecule has 1 aromatic heterocycles. The number of hydrogen-bond acceptors (Lipinski definition) is 3. The number of phenols is 1. The smallest absolute Gasteiger partial charge is 0.128 e. The molecule has 0 bridgehead atoms. The van der Waals surface area contributed by atoms with Crippen molar-refractivity contribution in [3.8, 4) is 33.9 Å². The van der Waals surface area contributed by atoms with E-state index < -0.39 is 0 Å². The Labute approximate surface area is 142 Å². The highest BCUT2D eigenvalue weighted by molar-refractivity contribution is 5.85. The largest absolute Gasteiger partial charge is 0.507 e. The molecule has 0 aliphatic carbocycles. The third-order valence-electron chi connectivity index (χ3n) is 4.19. The number of phenolic OH excluding ortho intramolecular Hbond substituents is 1. The fourth-order valence-corrected chi connectivity index (χ4v) is 2.94. The van der Waals surface area contributed by atoms with E-state index in [2.05, 4.69) is 41.4 Å². The molecule has 0 unspecified atom stereocenters. The van der Waals surface area contributed by atoms with Crippen molar-refractivity contribution in [2.75, 3.05) is 7.11 Å². The highest BCUT2D eigenvalue weighted by Crippen LogP contribution is 2.38. The van der Waals surface area contributed by atoms with Gasteiger partial charge in [-0.2, -0.15) is 5.10 Å². The van der Waals surface area contributed by atoms with Gasteiger partial charge in [0.25, 0.3) is 0 Å². The highest BCUT2D eigenvalue weighted by atomic mass is 16.5. The maximum atomic E-state index is 10.3. The standard InChI is InChI=1S/C20H22N2O2/c1-4-5-14-6-8-15(9-7-14)19-13(2)21-22-20(19)17-11-10-16(24-3)12-18(17)23/h6-12,23H,4-5H2,1-3H3,(H,21,22). The summed E-state index contributed by atoms with van der Waals surface area (Å²) in [4.78, 5) is 0. The number of rotatable bonds is 5. The van der Waals surface area contributed by atoms with Gasteiger partial charge in [-0.05, 0) is 36.6 Å². The molecule has 2 aromatic carbocycles. The molecule has 3 aromatic rings. The summed E-state index contributed by atoms with van der Waals surface area (Å²) in [5.41, 5.74) is 5.84. The Morgan fingerprint density at radius 1 is 1.12 bits per heavy atom. The number of aromatic nitrogens is 2. The van der Waals surface area contributed by atoms with Gasteiger partial charge in [0.05, 0.1) is 7.11 Å². The molecule has 4 heteroatoms. The zero-order valence-electron chi connectivity index (χ0n) is 14.3. The van der Waals surface area contributed by atoms with E-state index in [0.717, 1.165) is 35.4 Å². The number of hydrogen-bond donors (Lipinski definition) is 2. The predicted molar refractivity (Wildman–Crippen MR) is 96.4 cm³/mol. The van der Waals surface area contributed by atoms with Crippen LogP contribution in [0.5, 0.6) is 11.5 Å². The van der Waals surface area contributed by atoms with Crippen LogP contribution in [0.25, 0.3) is 22.4 Å². The maximum absolute atomic E-state index is 10.3. The quantitative estimate of drug-likeness (QED) is 0.714. The molecule has 4 nitrogen and oxygen atoms in total. The van der Waals surface area contributed by atoms with E-state index in [1.165, 1.54) is 5.56 Å². The lowest BCUT2D eigenvalue weighted by Gasteiger charge is -2.09. The average molecular weight is 322 g/mol. The predicted octanol–water partition coefficient (Wildman–Crippen LogP) is 4.72. The normalized spacial score (nSPS) is 10.8. The fraction of sp³-hybridized carbons (Fsp3) is 0.250. The van der Waals surface area contributed by atoms with Crippen LogP contribution in [0.2, 0.25) is 0 Å². The first-order valence-corrected chi connectivity index (χ1v) is 8.15. The summed E-state index contributed by atoms with van der Waals surface area (Å²) in [6, 6.07) is 13.8. The first kappa shape index (κ1) is 16.1. The number of methoxy groups -OCH3 is 1. The minimum atomic E-state index is 0.157. The molecule has 3 rings (SSSR count). The number of nitrogens with one attached hydrogen (secondary N) is 1. The van der Waals surface area contributed by atoms with Crippen LogP contribution >= 0.6 is 0 Å². The molecule has 1 heterocycles. The molecule has 0 saturated heterocycles. The van der Waals surface area contributed by atoms with E-state index in [1.807, 2.05) is 19.1 Å². The Balaban J connectivity index is 2.06. The van der Waals surface area contributed by atoms with Crippen molar-refractivity contribution in [1.29, 1.82) is 0 Å². The van der Waals surface area contributed by atoms with E-state index in [0.29, 0.717) is 11.3 Å². The molecule has 0 atom stereocenters. The zero-order valence-corrected chi connectivity index (χ0v) is 14.3. The van der Waals surface area contributed by atoms with Crippen molar-refractivity contribution in [3.63, 3.8) is 0 Å². The Kier molecular flexibility index (Phi) is 4.56. The van der Waals surface area contributed by atoms with Gasteiger partial charge in [0.2, 0.25) is 0 Å². The number of ether oxygens (including phenoxy) is 1. The summed E-state index contributed by atoms with van der Waals surface area (Å²) < 4.78 is 5.15. The summed E-state index contributed by atoms with van der Waals surface area (Å²) in [7, 11) is 1.58. The van der Waals surface area contributed by atoms with Gasteiger partial charge < -0.3 is 9.84 Å². The Bertz CT molecular complexity index is 835. The van der Waals surface area contributed by atoms with E-state index in [4.69, 9.17) is 4.74 Å². The van der Waals surface area contributed by atoms with Crippen molar-refractivity contribution in [3.05, 3.63) is 53.7 Å². The first-order valence-electron chi connectivity index (χ1n) is 8.15. The van der Waals surface area contributed by atoms with Crippen molar-refractivity contribution in [2.24, 2.45) is 0 Å². The monoisotopic (exact) mass is 322 g/mol. The van der Waals surface area contributed by atoms with Crippen LogP contribution in [-0.2, 0) is 6.42 Å². The lowest BCUT2D eigenvalue weighted by Crippen LogP contribution is -1.88. The van der Waals surface area contributed by atoms with Gasteiger partial charge in [-0.1, -0.05) is 37.6 Å². The van der Waals surface area contributed by atoms with Gasteiger partial charge in [-0.15, -0.1) is 0 Å². The summed E-state index contributed by atoms with van der Waals surface area (Å²) in [5.74, 6) is 0.777. The van der Waals surface area contributed by atoms with Crippen molar-refractivity contribution in [2.45, 2.75) is 26.7 Å². The zero-order chi connectivity index (χ0) is 17.1. The lowest BCUT2D eigenvalue weighted by atomic mass is 9.97. The minimum Gasteiger partial charge on any atom is -0.507 e. The summed E-state index contributed by atoms with van der Waals surface area (Å²) >= 11 is 0. The van der Waals surface area contributed by atoms with Crippen LogP contribution in [0.15, 0.2) is 42.5 Å². The molecule has 0 radical (unpaired) electrons. The van der Waals surface area contributed by atoms with Crippen LogP contribution in [0.1, 0.15) is 24.6 Å². The van der Waals surface area contributed by atoms with Crippen LogP contribution in [-0.4, -0.2) is 22.4 Å². The number of H-pyrrole nitrogens is 1. The first-order chi connectivity index (χ1) is 11.6. The Morgan fingerprint density at radius 2 is 1.88 bits per heavy atom. The number of benzene rings is 2. The molecular formula is C20H22N2O2. The maximum Gasteiger partial charge on any atom is 0.128 e. The third-order valence-corrected chi connectivity index (χ3v) is 4.19. The molecule has 0 aliphatic rings. The molecule has 2 N–H and O–H groups in total. The lowest BCUT2D eigenvalue weighted by molar-refractivity contribution is 0.408. The molecule has 24 heavy (non-hydrogen) atoms. The van der Waals surface area contributed by atoms with Gasteiger partial charge in [-0.3, -0.25) is 5.10 Å². The molecular weight excluding hydrogens is 300 g/mol. The van der Waals surface area contributed by atoms with E-state index >= 15 is 0 Å². The molecule has 0 amide bonds. The Hall–Kier alpha value is -2.75. The minimum absolute atomic E-state index is 0.157. The SMILES string of the molecule is CCCc1ccc(-c2c(-c3ccc(OC)cc3O)n[nH]c2C)cc1. The van der Waals surface area contributed by atoms with Gasteiger partial charge >= 0.3 is 0 Å². The van der Waals surface area contributed by atoms with Crippen LogP contribution in [0.4, 0.5) is 0 Å². The summed E-state index contributed by atoms with van der Waals surface area (Å²) in [5, 5.41) is 17.8. The molecule has 0 fully saturated rings. The second kappa shape index (κ2) is 6.79. The Morgan fingerprint density at radius 3 is 2.50 bits per heavy atom. The number of aromatic amines is 1. The van der Waals surface area contributed by atoms with E-state index in [1.54, 1.807) is 13.2 Å². The number of aromatic hydroxyl groups is 1. The van der Waals surface area contributed by atoms with E-state index in [9.17, 15) is 5.11 Å². The average Bonchev–Trinajstić information content (AvgIpc) is 2.97. The topological polar surface area (TPSA) is 58.1 Å². The third kappa shape index (κ3) is 3.00. The summed E-state index contributed by atoms with van der Waals surface area (Å²) in [6.45, 7) is 4.17. The van der Waals surface area contributed by atoms with Gasteiger partial charge in [0, 0.05) is 22.9 Å². The van der Waals surface area contributed by atoms with E-state index in [-0.39, 0.29) is 5.75 Å². The van der Waals surface area contributed by atoms with Gasteiger partial charge in [0.1, 0.15) is 17.2 Å². The van der Waals surface area contributed by atoms with Crippen molar-refractivity contribution >= 4 is 0 Å². The number of nitrogens with zero attached hydrogens (tertiary/aromatic N) is 1. The molecule has 0 saturated carbocycles. The van der Waals surface area contributed by atoms with Crippen molar-refractivity contribution < 1.29 is 9.84 Å². The number of aryl methyl sites for hydroxylation is 2. The van der Waals surface area contributed by atoms with Crippen molar-refractivity contribution in [1.82, 2.24) is 10.2 Å². The van der Waals surface area contributed by atoms with Crippen LogP contribution in [0, 0.1) is 6.92 Å².